The van der Waals surface area contributed by atoms with Crippen molar-refractivity contribution < 1.29 is 24.2 Å². The van der Waals surface area contributed by atoms with Crippen molar-refractivity contribution in [2.24, 2.45) is 5.41 Å². The maximum atomic E-state index is 13.2. The number of likely N-dealkylation sites (tertiary alicyclic amines) is 1. The maximum Gasteiger partial charge on any atom is 0.326 e. The second-order valence-corrected chi connectivity index (χ2v) is 8.95. The minimum atomic E-state index is -0.949. The molecule has 1 aliphatic heterocycles. The lowest BCUT2D eigenvalue weighted by atomic mass is 9.84. The molecule has 0 radical (unpaired) electrons. The molecule has 1 aromatic carbocycles. The third-order valence-corrected chi connectivity index (χ3v) is 6.70. The fourth-order valence-corrected chi connectivity index (χ4v) is 5.09. The van der Waals surface area contributed by atoms with Gasteiger partial charge in [0.15, 0.2) is 0 Å². The largest absolute Gasteiger partial charge is 0.480 e. The summed E-state index contributed by atoms with van der Waals surface area (Å²) >= 11 is 0. The van der Waals surface area contributed by atoms with Crippen molar-refractivity contribution in [1.29, 1.82) is 0 Å². The summed E-state index contributed by atoms with van der Waals surface area (Å²) in [6.45, 7) is 4.21. The summed E-state index contributed by atoms with van der Waals surface area (Å²) in [4.78, 5) is 39.1. The van der Waals surface area contributed by atoms with Gasteiger partial charge in [0.2, 0.25) is 5.91 Å². The van der Waals surface area contributed by atoms with Gasteiger partial charge in [0.05, 0.1) is 12.6 Å². The number of esters is 1. The molecule has 0 aromatic heterocycles. The molecule has 2 fully saturated rings. The molecule has 1 saturated heterocycles. The third kappa shape index (κ3) is 5.64. The summed E-state index contributed by atoms with van der Waals surface area (Å²) in [6.07, 6.45) is 5.82. The highest BCUT2D eigenvalue weighted by atomic mass is 16.5. The number of benzene rings is 1. The summed E-state index contributed by atoms with van der Waals surface area (Å²) in [5.74, 6) is -1.60. The summed E-state index contributed by atoms with van der Waals surface area (Å²) in [7, 11) is 0. The summed E-state index contributed by atoms with van der Waals surface area (Å²) in [5.41, 5.74) is 1.04. The van der Waals surface area contributed by atoms with Crippen molar-refractivity contribution in [1.82, 2.24) is 10.2 Å². The molecule has 1 heterocycles. The Kier molecular flexibility index (Phi) is 7.70. The Morgan fingerprint density at radius 2 is 1.90 bits per heavy atom. The number of hydrogen-bond donors (Lipinski definition) is 2. The van der Waals surface area contributed by atoms with E-state index in [0.29, 0.717) is 25.8 Å². The first-order valence-corrected chi connectivity index (χ1v) is 11.3. The van der Waals surface area contributed by atoms with Crippen LogP contribution in [0.3, 0.4) is 0 Å². The van der Waals surface area contributed by atoms with E-state index in [1.165, 1.54) is 4.90 Å². The molecule has 1 aromatic rings. The molecule has 0 bridgehead atoms. The van der Waals surface area contributed by atoms with Crippen molar-refractivity contribution in [3.8, 4) is 0 Å². The number of nitrogens with one attached hydrogen (secondary N) is 1. The highest BCUT2D eigenvalue weighted by Gasteiger charge is 2.50. The van der Waals surface area contributed by atoms with E-state index < -0.39 is 24.1 Å². The van der Waals surface area contributed by atoms with Crippen LogP contribution in [-0.2, 0) is 25.5 Å². The normalized spacial score (nSPS) is 21.7. The average molecular weight is 431 g/mol. The first-order chi connectivity index (χ1) is 14.8. The molecule has 31 heavy (non-hydrogen) atoms. The molecule has 1 aliphatic carbocycles. The van der Waals surface area contributed by atoms with E-state index in [4.69, 9.17) is 4.74 Å². The van der Waals surface area contributed by atoms with Crippen LogP contribution in [0.4, 0.5) is 0 Å². The van der Waals surface area contributed by atoms with Gasteiger partial charge in [-0.2, -0.15) is 0 Å². The Hall–Kier alpha value is -2.41. The lowest BCUT2D eigenvalue weighted by Gasteiger charge is -2.29. The zero-order chi connectivity index (χ0) is 22.4. The molecule has 7 nitrogen and oxygen atoms in total. The minimum Gasteiger partial charge on any atom is -0.480 e. The first kappa shape index (κ1) is 23.3. The van der Waals surface area contributed by atoms with Gasteiger partial charge in [-0.25, -0.2) is 4.79 Å². The Balaban J connectivity index is 1.67. The summed E-state index contributed by atoms with van der Waals surface area (Å²) in [5, 5.41) is 12.8. The molecule has 170 valence electrons. The number of aliphatic carboxylic acids is 1. The predicted octanol–water partition coefficient (Wildman–Crippen LogP) is 2.77. The monoisotopic (exact) mass is 430 g/mol. The smallest absolute Gasteiger partial charge is 0.326 e. The molecule has 1 spiro atoms. The van der Waals surface area contributed by atoms with Crippen molar-refractivity contribution in [2.45, 2.75) is 76.9 Å². The molecule has 1 saturated carbocycles. The van der Waals surface area contributed by atoms with Crippen LogP contribution in [0.2, 0.25) is 0 Å². The number of ether oxygens (including phenoxy) is 1. The molecule has 2 N–H and O–H groups in total. The average Bonchev–Trinajstić information content (AvgIpc) is 3.38. The standard InChI is InChI=1S/C24H34N2O5/c1-3-31-23(30)19(12-11-18-9-5-4-6-10-18)25-17(2)21(27)26-16-24(13-7-8-14-24)15-20(26)22(28)29/h4-6,9-10,17,19-20,25H,3,7-8,11-16H2,1-2H3,(H,28,29)/t17-,19?,20-/m0/s1. The van der Waals surface area contributed by atoms with E-state index in [-0.39, 0.29) is 23.9 Å². The fraction of sp³-hybridized carbons (Fsp3) is 0.625. The number of carbonyl (C=O) groups is 3. The molecule has 3 rings (SSSR count). The molecule has 1 amide bonds. The number of aryl methyl sites for hydroxylation is 1. The number of carboxylic acid groups (broad SMARTS) is 1. The Labute approximate surface area is 184 Å². The first-order valence-electron chi connectivity index (χ1n) is 11.3. The number of amides is 1. The zero-order valence-electron chi connectivity index (χ0n) is 18.5. The van der Waals surface area contributed by atoms with Crippen LogP contribution >= 0.6 is 0 Å². The molecule has 7 heteroatoms. The van der Waals surface area contributed by atoms with Crippen molar-refractivity contribution in [2.75, 3.05) is 13.2 Å². The van der Waals surface area contributed by atoms with E-state index in [2.05, 4.69) is 5.32 Å². The van der Waals surface area contributed by atoms with Gasteiger partial charge in [-0.3, -0.25) is 14.9 Å². The van der Waals surface area contributed by atoms with E-state index in [1.54, 1.807) is 13.8 Å². The van der Waals surface area contributed by atoms with Gasteiger partial charge in [0.1, 0.15) is 12.1 Å². The highest BCUT2D eigenvalue weighted by molar-refractivity contribution is 5.88. The van der Waals surface area contributed by atoms with Crippen LogP contribution < -0.4 is 5.32 Å². The van der Waals surface area contributed by atoms with Crippen LogP contribution in [0.15, 0.2) is 30.3 Å². The van der Waals surface area contributed by atoms with Gasteiger partial charge in [-0.05, 0) is 56.9 Å². The zero-order valence-corrected chi connectivity index (χ0v) is 18.5. The number of nitrogens with zero attached hydrogens (tertiary/aromatic N) is 1. The molecule has 3 atom stereocenters. The van der Waals surface area contributed by atoms with Gasteiger partial charge < -0.3 is 14.7 Å². The lowest BCUT2D eigenvalue weighted by Crippen LogP contribution is -2.53. The van der Waals surface area contributed by atoms with E-state index in [0.717, 1.165) is 31.2 Å². The summed E-state index contributed by atoms with van der Waals surface area (Å²) in [6, 6.07) is 7.74. The second kappa shape index (κ2) is 10.3. The third-order valence-electron chi connectivity index (χ3n) is 6.70. The van der Waals surface area contributed by atoms with Gasteiger partial charge in [0.25, 0.3) is 0 Å². The van der Waals surface area contributed by atoms with E-state index >= 15 is 0 Å². The topological polar surface area (TPSA) is 95.9 Å². The summed E-state index contributed by atoms with van der Waals surface area (Å²) < 4.78 is 5.21. The molecular formula is C24H34N2O5. The second-order valence-electron chi connectivity index (χ2n) is 8.95. The predicted molar refractivity (Wildman–Crippen MR) is 116 cm³/mol. The van der Waals surface area contributed by atoms with Crippen LogP contribution in [0.25, 0.3) is 0 Å². The van der Waals surface area contributed by atoms with Gasteiger partial charge in [-0.15, -0.1) is 0 Å². The van der Waals surface area contributed by atoms with Crippen LogP contribution in [0.5, 0.6) is 0 Å². The number of carboxylic acids is 1. The van der Waals surface area contributed by atoms with Gasteiger partial charge in [-0.1, -0.05) is 43.2 Å². The molecule has 2 aliphatic rings. The Morgan fingerprint density at radius 3 is 2.52 bits per heavy atom. The maximum absolute atomic E-state index is 13.2. The number of hydrogen-bond acceptors (Lipinski definition) is 5. The number of carbonyl (C=O) groups excluding carboxylic acids is 2. The van der Waals surface area contributed by atoms with Crippen LogP contribution in [-0.4, -0.2) is 59.1 Å². The minimum absolute atomic E-state index is 0.0632. The van der Waals surface area contributed by atoms with E-state index in [1.807, 2.05) is 30.3 Å². The van der Waals surface area contributed by atoms with Gasteiger partial charge >= 0.3 is 11.9 Å². The van der Waals surface area contributed by atoms with Crippen molar-refractivity contribution in [3.05, 3.63) is 35.9 Å². The molecule has 1 unspecified atom stereocenters. The van der Waals surface area contributed by atoms with Crippen molar-refractivity contribution >= 4 is 17.8 Å². The highest BCUT2D eigenvalue weighted by Crippen LogP contribution is 2.47. The Morgan fingerprint density at radius 1 is 1.23 bits per heavy atom. The number of rotatable bonds is 9. The Bertz CT molecular complexity index is 775. The lowest BCUT2D eigenvalue weighted by molar-refractivity contribution is -0.150. The van der Waals surface area contributed by atoms with Crippen LogP contribution in [0, 0.1) is 5.41 Å². The van der Waals surface area contributed by atoms with Crippen LogP contribution in [0.1, 0.15) is 57.9 Å². The quantitative estimate of drug-likeness (QED) is 0.585. The van der Waals surface area contributed by atoms with Gasteiger partial charge in [0, 0.05) is 6.54 Å². The SMILES string of the molecule is CCOC(=O)C(CCc1ccccc1)N[C@@H](C)C(=O)N1CC2(CCCC2)C[C@H]1C(=O)O. The fourth-order valence-electron chi connectivity index (χ4n) is 5.09. The van der Waals surface area contributed by atoms with E-state index in [9.17, 15) is 19.5 Å². The van der Waals surface area contributed by atoms with Crippen molar-refractivity contribution in [3.63, 3.8) is 0 Å². The molecular weight excluding hydrogens is 396 g/mol.